The monoisotopic (exact) mass is 364 g/mol. The van der Waals surface area contributed by atoms with Crippen molar-refractivity contribution in [3.8, 4) is 0 Å². The minimum absolute atomic E-state index is 0.255. The van der Waals surface area contributed by atoms with Crippen LogP contribution in [0.1, 0.15) is 46.5 Å². The van der Waals surface area contributed by atoms with Gasteiger partial charge in [0, 0.05) is 5.57 Å². The summed E-state index contributed by atoms with van der Waals surface area (Å²) in [7, 11) is -3.48. The number of hydrogen-bond acceptors (Lipinski definition) is 4. The van der Waals surface area contributed by atoms with Crippen molar-refractivity contribution in [3.05, 3.63) is 42.0 Å². The van der Waals surface area contributed by atoms with Crippen molar-refractivity contribution in [3.63, 3.8) is 0 Å². The maximum atomic E-state index is 13.3. The fraction of sp³-hybridized carbons (Fsp3) is 0.444. The van der Waals surface area contributed by atoms with Crippen molar-refractivity contribution in [2.75, 3.05) is 0 Å². The number of carbonyl (C=O) groups excluding carboxylic acids is 2. The van der Waals surface area contributed by atoms with Crippen LogP contribution in [-0.2, 0) is 19.4 Å². The fourth-order valence-electron chi connectivity index (χ4n) is 2.36. The minimum atomic E-state index is -3.48. The number of hydrogen-bond donors (Lipinski definition) is 1. The van der Waals surface area contributed by atoms with Crippen LogP contribution in [0.5, 0.6) is 0 Å². The minimum Gasteiger partial charge on any atom is -0.442 e. The van der Waals surface area contributed by atoms with Gasteiger partial charge in [0.1, 0.15) is 5.60 Å². The van der Waals surface area contributed by atoms with E-state index in [1.54, 1.807) is 51.1 Å². The molecule has 0 heterocycles. The van der Waals surface area contributed by atoms with Crippen LogP contribution >= 0.6 is 0 Å². The number of allylic oxidation sites excluding steroid dienone is 1. The first-order valence-electron chi connectivity index (χ1n) is 8.26. The van der Waals surface area contributed by atoms with E-state index in [4.69, 9.17) is 4.74 Å². The molecule has 1 aromatic carbocycles. The van der Waals surface area contributed by atoms with Crippen molar-refractivity contribution in [1.29, 1.82) is 0 Å². The van der Waals surface area contributed by atoms with Crippen LogP contribution in [0.15, 0.2) is 51.2 Å². The SMILES string of the molecule is CC(C)(C)OC(=O)N=S(=O)(NC(=O)C1=CCCCC1)c1ccccc1. The molecule has 1 aliphatic carbocycles. The molecule has 0 aliphatic heterocycles. The highest BCUT2D eigenvalue weighted by molar-refractivity contribution is 7.92. The van der Waals surface area contributed by atoms with Gasteiger partial charge in [-0.2, -0.15) is 0 Å². The van der Waals surface area contributed by atoms with Gasteiger partial charge >= 0.3 is 6.09 Å². The van der Waals surface area contributed by atoms with Crippen LogP contribution in [0.4, 0.5) is 4.79 Å². The van der Waals surface area contributed by atoms with E-state index in [0.29, 0.717) is 12.0 Å². The Morgan fingerprint density at radius 1 is 1.16 bits per heavy atom. The van der Waals surface area contributed by atoms with Gasteiger partial charge in [-0.05, 0) is 58.6 Å². The summed E-state index contributed by atoms with van der Waals surface area (Å²) in [5.74, 6) is -0.458. The highest BCUT2D eigenvalue weighted by Gasteiger charge is 2.23. The Kier molecular flexibility index (Phi) is 6.00. The van der Waals surface area contributed by atoms with Gasteiger partial charge in [-0.25, -0.2) is 9.00 Å². The summed E-state index contributed by atoms with van der Waals surface area (Å²) < 4.78 is 24.6. The molecule has 7 heteroatoms. The topological polar surface area (TPSA) is 84.8 Å². The molecule has 1 N–H and O–H groups in total. The zero-order chi connectivity index (χ0) is 18.5. The van der Waals surface area contributed by atoms with E-state index in [9.17, 15) is 13.8 Å². The number of amides is 2. The van der Waals surface area contributed by atoms with Gasteiger partial charge in [0.15, 0.2) is 9.92 Å². The molecule has 6 nitrogen and oxygen atoms in total. The van der Waals surface area contributed by atoms with Crippen LogP contribution in [0, 0.1) is 0 Å². The maximum absolute atomic E-state index is 13.3. The van der Waals surface area contributed by atoms with Crippen LogP contribution in [-0.4, -0.2) is 21.8 Å². The highest BCUT2D eigenvalue weighted by Crippen LogP contribution is 2.19. The summed E-state index contributed by atoms with van der Waals surface area (Å²) in [4.78, 5) is 24.8. The third-order valence-electron chi connectivity index (χ3n) is 3.47. The predicted octanol–water partition coefficient (Wildman–Crippen LogP) is 3.98. The summed E-state index contributed by atoms with van der Waals surface area (Å²) in [5, 5.41) is 0. The molecule has 2 amide bonds. The molecule has 0 radical (unpaired) electrons. The lowest BCUT2D eigenvalue weighted by molar-refractivity contribution is -0.116. The molecule has 0 saturated carbocycles. The van der Waals surface area contributed by atoms with E-state index in [2.05, 4.69) is 9.08 Å². The summed E-state index contributed by atoms with van der Waals surface area (Å²) in [6, 6.07) is 8.22. The van der Waals surface area contributed by atoms with Crippen molar-refractivity contribution in [1.82, 2.24) is 4.72 Å². The molecule has 136 valence electrons. The number of benzene rings is 1. The predicted molar refractivity (Wildman–Crippen MR) is 96.2 cm³/mol. The molecule has 0 bridgehead atoms. The number of nitrogens with zero attached hydrogens (tertiary/aromatic N) is 1. The smallest absolute Gasteiger partial charge is 0.442 e. The summed E-state index contributed by atoms with van der Waals surface area (Å²) in [6.07, 6.45) is 4.26. The van der Waals surface area contributed by atoms with Gasteiger partial charge in [0.05, 0.1) is 4.90 Å². The van der Waals surface area contributed by atoms with E-state index in [1.807, 2.05) is 6.08 Å². The van der Waals surface area contributed by atoms with Gasteiger partial charge in [0.25, 0.3) is 5.91 Å². The Labute approximate surface area is 149 Å². The van der Waals surface area contributed by atoms with Gasteiger partial charge in [-0.3, -0.25) is 9.52 Å². The van der Waals surface area contributed by atoms with E-state index < -0.39 is 27.5 Å². The van der Waals surface area contributed by atoms with Crippen molar-refractivity contribution >= 4 is 21.9 Å². The third kappa shape index (κ3) is 5.70. The molecule has 0 spiro atoms. The Morgan fingerprint density at radius 2 is 1.84 bits per heavy atom. The van der Waals surface area contributed by atoms with Crippen molar-refractivity contribution < 1.29 is 18.5 Å². The first-order chi connectivity index (χ1) is 11.7. The first kappa shape index (κ1) is 19.2. The molecule has 0 fully saturated rings. The van der Waals surface area contributed by atoms with Gasteiger partial charge in [0.2, 0.25) is 0 Å². The zero-order valence-electron chi connectivity index (χ0n) is 14.8. The molecule has 1 atom stereocenters. The zero-order valence-corrected chi connectivity index (χ0v) is 15.6. The van der Waals surface area contributed by atoms with Crippen molar-refractivity contribution in [2.45, 2.75) is 57.0 Å². The van der Waals surface area contributed by atoms with Gasteiger partial charge < -0.3 is 4.74 Å². The lowest BCUT2D eigenvalue weighted by atomic mass is 9.99. The van der Waals surface area contributed by atoms with E-state index in [1.165, 1.54) is 0 Å². The van der Waals surface area contributed by atoms with Crippen molar-refractivity contribution in [2.24, 2.45) is 4.36 Å². The van der Waals surface area contributed by atoms with E-state index in [-0.39, 0.29) is 4.90 Å². The second-order valence-corrected chi connectivity index (χ2v) is 8.73. The van der Waals surface area contributed by atoms with Gasteiger partial charge in [-0.1, -0.05) is 24.3 Å². The standard InChI is InChI=1S/C18H24N2O4S/c1-18(2,3)24-17(22)20-25(23,15-12-8-5-9-13-15)19-16(21)14-10-6-4-7-11-14/h5,8-10,12-13H,4,6-7,11H2,1-3H3,(H,19,20,21,22,23). The lowest BCUT2D eigenvalue weighted by Crippen LogP contribution is -2.33. The third-order valence-corrected chi connectivity index (χ3v) is 5.25. The van der Waals surface area contributed by atoms with E-state index in [0.717, 1.165) is 19.3 Å². The quantitative estimate of drug-likeness (QED) is 0.879. The summed E-state index contributed by atoms with van der Waals surface area (Å²) in [6.45, 7) is 5.07. The summed E-state index contributed by atoms with van der Waals surface area (Å²) >= 11 is 0. The average Bonchev–Trinajstić information content (AvgIpc) is 2.54. The van der Waals surface area contributed by atoms with Crippen LogP contribution in [0.3, 0.4) is 0 Å². The normalized spacial score (nSPS) is 17.0. The highest BCUT2D eigenvalue weighted by atomic mass is 32.2. The number of carbonyl (C=O) groups is 2. The van der Waals surface area contributed by atoms with Gasteiger partial charge in [-0.15, -0.1) is 4.36 Å². The Hall–Kier alpha value is -2.15. The molecular weight excluding hydrogens is 340 g/mol. The molecule has 1 aromatic rings. The molecule has 0 aromatic heterocycles. The Bertz CT molecular complexity index is 785. The second kappa shape index (κ2) is 7.82. The largest absolute Gasteiger partial charge is 0.444 e. The molecular formula is C18H24N2O4S. The van der Waals surface area contributed by atoms with E-state index >= 15 is 0 Å². The number of ether oxygens (including phenoxy) is 1. The summed E-state index contributed by atoms with van der Waals surface area (Å²) in [5.41, 5.74) is -0.192. The molecule has 1 unspecified atom stereocenters. The Balaban J connectivity index is 2.36. The van der Waals surface area contributed by atoms with Crippen LogP contribution in [0.2, 0.25) is 0 Å². The fourth-order valence-corrected chi connectivity index (χ4v) is 3.79. The lowest BCUT2D eigenvalue weighted by Gasteiger charge is -2.19. The molecule has 2 rings (SSSR count). The number of rotatable bonds is 3. The maximum Gasteiger partial charge on any atom is 0.444 e. The molecule has 25 heavy (non-hydrogen) atoms. The molecule has 1 aliphatic rings. The second-order valence-electron chi connectivity index (χ2n) is 6.82. The van der Waals surface area contributed by atoms with Crippen LogP contribution < -0.4 is 4.72 Å². The average molecular weight is 364 g/mol. The van der Waals surface area contributed by atoms with Crippen LogP contribution in [0.25, 0.3) is 0 Å². The number of nitrogens with one attached hydrogen (secondary N) is 1. The first-order valence-corrected chi connectivity index (χ1v) is 9.77. The molecule has 0 saturated heterocycles. The Morgan fingerprint density at radius 3 is 2.40 bits per heavy atom.